The van der Waals surface area contributed by atoms with Crippen LogP contribution in [0.5, 0.6) is 0 Å². The Kier molecular flexibility index (Phi) is 9.58. The number of anilines is 1. The number of carbonyl (C=O) groups excluding carboxylic acids is 2. The first-order valence-corrected chi connectivity index (χ1v) is 15.8. The van der Waals surface area contributed by atoms with Crippen LogP contribution in [0, 0.1) is 0 Å². The highest BCUT2D eigenvalue weighted by Crippen LogP contribution is 2.53. The van der Waals surface area contributed by atoms with Gasteiger partial charge in [-0.05, 0) is 65.7 Å². The van der Waals surface area contributed by atoms with Crippen molar-refractivity contribution in [3.8, 4) is 11.4 Å². The van der Waals surface area contributed by atoms with Crippen molar-refractivity contribution < 1.29 is 41.0 Å². The van der Waals surface area contributed by atoms with Gasteiger partial charge < -0.3 is 14.8 Å². The highest BCUT2D eigenvalue weighted by Gasteiger charge is 2.43. The molecule has 3 heterocycles. The second-order valence-electron chi connectivity index (χ2n) is 12.6. The summed E-state index contributed by atoms with van der Waals surface area (Å²) in [5, 5.41) is 7.28. The van der Waals surface area contributed by atoms with Crippen molar-refractivity contribution in [3.05, 3.63) is 53.5 Å². The van der Waals surface area contributed by atoms with Gasteiger partial charge in [0.25, 0.3) is 5.91 Å². The van der Waals surface area contributed by atoms with Crippen LogP contribution in [0.1, 0.15) is 82.9 Å². The lowest BCUT2D eigenvalue weighted by Crippen LogP contribution is -2.44. The lowest BCUT2D eigenvalue weighted by molar-refractivity contribution is -0.137. The number of phosphoric acid groups is 1. The summed E-state index contributed by atoms with van der Waals surface area (Å²) in [6, 6.07) is 4.87. The van der Waals surface area contributed by atoms with Gasteiger partial charge in [-0.1, -0.05) is 19.1 Å². The Morgan fingerprint density at radius 3 is 2.36 bits per heavy atom. The molecule has 0 saturated heterocycles. The fourth-order valence-electron chi connectivity index (χ4n) is 4.49. The van der Waals surface area contributed by atoms with Crippen LogP contribution in [0.3, 0.4) is 0 Å². The number of benzene rings is 1. The van der Waals surface area contributed by atoms with Gasteiger partial charge in [0.1, 0.15) is 0 Å². The van der Waals surface area contributed by atoms with Crippen LogP contribution in [0.25, 0.3) is 11.4 Å². The maximum Gasteiger partial charge on any atom is 0.550 e. The topological polar surface area (TPSA) is 130 Å². The van der Waals surface area contributed by atoms with Gasteiger partial charge in [0.2, 0.25) is 0 Å². The highest BCUT2D eigenvalue weighted by atomic mass is 31.2. The Bertz CT molecular complexity index is 1580. The molecule has 0 fully saturated rings. The van der Waals surface area contributed by atoms with E-state index in [0.29, 0.717) is 12.0 Å². The smallest absolute Gasteiger partial charge is 0.350 e. The van der Waals surface area contributed by atoms with Gasteiger partial charge in [-0.3, -0.25) is 23.3 Å². The predicted molar refractivity (Wildman–Crippen MR) is 159 cm³/mol. The summed E-state index contributed by atoms with van der Waals surface area (Å²) in [6.07, 6.45) is -0.710. The van der Waals surface area contributed by atoms with Gasteiger partial charge in [-0.15, -0.1) is 4.73 Å². The Hall–Kier alpha value is -3.68. The molecule has 1 aliphatic rings. The first-order valence-electron chi connectivity index (χ1n) is 14.3. The molecule has 0 spiro atoms. The summed E-state index contributed by atoms with van der Waals surface area (Å²) in [5.41, 5.74) is -2.30. The van der Waals surface area contributed by atoms with Crippen LogP contribution in [-0.4, -0.2) is 60.5 Å². The minimum Gasteiger partial charge on any atom is -0.350 e. The van der Waals surface area contributed by atoms with E-state index in [0.717, 1.165) is 16.9 Å². The zero-order valence-electron chi connectivity index (χ0n) is 26.3. The van der Waals surface area contributed by atoms with Gasteiger partial charge >= 0.3 is 14.0 Å². The number of phosphoric ester groups is 1. The van der Waals surface area contributed by atoms with Crippen molar-refractivity contribution in [1.29, 1.82) is 0 Å². The Morgan fingerprint density at radius 1 is 1.09 bits per heavy atom. The lowest BCUT2D eigenvalue weighted by Gasteiger charge is -2.32. The van der Waals surface area contributed by atoms with E-state index in [2.05, 4.69) is 15.4 Å². The lowest BCUT2D eigenvalue weighted by atomic mass is 10.1. The molecule has 0 aliphatic carbocycles. The summed E-state index contributed by atoms with van der Waals surface area (Å²) in [5.74, 6) is -0.663. The second-order valence-corrected chi connectivity index (χ2v) is 14.0. The van der Waals surface area contributed by atoms with Crippen molar-refractivity contribution in [2.24, 2.45) is 0 Å². The predicted octanol–water partition coefficient (Wildman–Crippen LogP) is 6.18. The standard InChI is InChI=1S/C29H38F3N6O6P/c1-8-10-22(39)17-36-18-33-24-23(26(36)40)38(44-45(41,42-27(2,3)4)43-28(5,6)7)25(35-24)20-14-34-37(16-20)15-19-11-9-12-21(13-19)29(30,31)32/h9,11-14,16,33H,8,10,15,17-18H2,1-7H3. The zero-order valence-corrected chi connectivity index (χ0v) is 27.2. The molecule has 246 valence electrons. The second kappa shape index (κ2) is 12.6. The maximum absolute atomic E-state index is 14.2. The van der Waals surface area contributed by atoms with E-state index in [1.165, 1.54) is 28.0 Å². The van der Waals surface area contributed by atoms with Gasteiger partial charge in [0.15, 0.2) is 23.1 Å². The molecular formula is C29H38F3N6O6P. The van der Waals surface area contributed by atoms with Crippen LogP contribution in [0.2, 0.25) is 0 Å². The molecule has 1 aromatic carbocycles. The average Bonchev–Trinajstić information content (AvgIpc) is 3.48. The normalized spacial score (nSPS) is 14.4. The molecule has 1 N–H and O–H groups in total. The summed E-state index contributed by atoms with van der Waals surface area (Å²) in [7, 11) is -4.47. The van der Waals surface area contributed by atoms with Crippen molar-refractivity contribution in [2.45, 2.75) is 85.2 Å². The number of hydrogen-bond acceptors (Lipinski definition) is 9. The van der Waals surface area contributed by atoms with E-state index in [9.17, 15) is 27.3 Å². The summed E-state index contributed by atoms with van der Waals surface area (Å²) in [4.78, 5) is 32.0. The van der Waals surface area contributed by atoms with E-state index in [1.54, 1.807) is 47.6 Å². The molecule has 4 rings (SSSR count). The Labute approximate surface area is 259 Å². The van der Waals surface area contributed by atoms with Crippen LogP contribution < -0.4 is 9.94 Å². The van der Waals surface area contributed by atoms with Crippen LogP contribution >= 0.6 is 7.82 Å². The van der Waals surface area contributed by atoms with Gasteiger partial charge in [-0.2, -0.15) is 18.3 Å². The fraction of sp³-hybridized carbons (Fsp3) is 0.517. The van der Waals surface area contributed by atoms with Crippen molar-refractivity contribution in [3.63, 3.8) is 0 Å². The number of ketones is 1. The van der Waals surface area contributed by atoms with Crippen LogP contribution in [0.15, 0.2) is 36.7 Å². The molecule has 0 saturated carbocycles. The molecule has 3 aromatic rings. The number of Topliss-reactive ketones (excluding diaryl/α,β-unsaturated/α-hetero) is 1. The number of rotatable bonds is 11. The molecular weight excluding hydrogens is 616 g/mol. The van der Waals surface area contributed by atoms with Crippen molar-refractivity contribution >= 4 is 25.3 Å². The van der Waals surface area contributed by atoms with E-state index >= 15 is 0 Å². The average molecular weight is 655 g/mol. The Morgan fingerprint density at radius 2 is 1.76 bits per heavy atom. The minimum absolute atomic E-state index is 0.00549. The molecule has 16 heteroatoms. The fourth-order valence-corrected chi connectivity index (χ4v) is 6.30. The highest BCUT2D eigenvalue weighted by molar-refractivity contribution is 7.48. The SMILES string of the molecule is CCCC(=O)CN1CNc2nc(-c3cnn(Cc4cccc(C(F)(F)F)c4)c3)n(OP(=O)(OC(C)(C)C)OC(C)(C)C)c2C1=O. The van der Waals surface area contributed by atoms with E-state index in [-0.39, 0.29) is 54.9 Å². The number of halogens is 3. The summed E-state index contributed by atoms with van der Waals surface area (Å²) in [6.45, 7) is 11.6. The van der Waals surface area contributed by atoms with Crippen molar-refractivity contribution in [1.82, 2.24) is 24.4 Å². The number of alkyl halides is 3. The Balaban J connectivity index is 1.78. The number of carbonyl (C=O) groups is 2. The zero-order chi connectivity index (χ0) is 33.4. The molecule has 1 amide bonds. The number of imidazole rings is 1. The van der Waals surface area contributed by atoms with E-state index in [4.69, 9.17) is 13.7 Å². The third-order valence-electron chi connectivity index (χ3n) is 6.10. The number of nitrogens with one attached hydrogen (secondary N) is 1. The van der Waals surface area contributed by atoms with Crippen LogP contribution in [-0.2, 0) is 31.1 Å². The summed E-state index contributed by atoms with van der Waals surface area (Å²) < 4.78 is 73.8. The molecule has 12 nitrogen and oxygen atoms in total. The molecule has 0 bridgehead atoms. The molecule has 2 aromatic heterocycles. The first-order chi connectivity index (χ1) is 20.8. The molecule has 0 unspecified atom stereocenters. The maximum atomic E-state index is 14.2. The third kappa shape index (κ3) is 8.74. The first kappa shape index (κ1) is 34.2. The van der Waals surface area contributed by atoms with Gasteiger partial charge in [0.05, 0.1) is 48.3 Å². The molecule has 0 radical (unpaired) electrons. The van der Waals surface area contributed by atoms with Gasteiger partial charge in [-0.25, -0.2) is 9.55 Å². The quantitative estimate of drug-likeness (QED) is 0.241. The monoisotopic (exact) mass is 654 g/mol. The molecule has 1 aliphatic heterocycles. The van der Waals surface area contributed by atoms with Crippen LogP contribution in [0.4, 0.5) is 19.0 Å². The number of aromatic nitrogens is 4. The van der Waals surface area contributed by atoms with Gasteiger partial charge in [0, 0.05) is 12.6 Å². The largest absolute Gasteiger partial charge is 0.550 e. The van der Waals surface area contributed by atoms with Crippen molar-refractivity contribution in [2.75, 3.05) is 18.5 Å². The molecule has 45 heavy (non-hydrogen) atoms. The number of nitrogens with zero attached hydrogens (tertiary/aromatic N) is 5. The number of amides is 1. The van der Waals surface area contributed by atoms with E-state index in [1.807, 2.05) is 6.92 Å². The third-order valence-corrected chi connectivity index (χ3v) is 8.01. The van der Waals surface area contributed by atoms with E-state index < -0.39 is 36.7 Å². The minimum atomic E-state index is -4.50. The molecule has 0 atom stereocenters. The number of fused-ring (bicyclic) bond motifs is 1. The number of hydrogen-bond donors (Lipinski definition) is 1. The summed E-state index contributed by atoms with van der Waals surface area (Å²) >= 11 is 0.